The molecule has 1 unspecified atom stereocenters. The molecule has 0 aliphatic carbocycles. The zero-order valence-electron chi connectivity index (χ0n) is 15.4. The van der Waals surface area contributed by atoms with Gasteiger partial charge in [-0.05, 0) is 48.6 Å². The number of carbonyl (C=O) groups is 1. The van der Waals surface area contributed by atoms with Crippen molar-refractivity contribution in [1.82, 2.24) is 4.90 Å². The summed E-state index contributed by atoms with van der Waals surface area (Å²) in [5, 5.41) is 11.2. The molecule has 1 fully saturated rings. The van der Waals surface area contributed by atoms with Gasteiger partial charge in [0.05, 0.1) is 11.1 Å². The molecule has 0 saturated carbocycles. The number of aliphatic hydroxyl groups excluding tert-OH is 1. The van der Waals surface area contributed by atoms with Gasteiger partial charge in [-0.3, -0.25) is 4.79 Å². The van der Waals surface area contributed by atoms with E-state index < -0.39 is 6.10 Å². The lowest BCUT2D eigenvalue weighted by atomic mass is 9.87. The van der Waals surface area contributed by atoms with Crippen molar-refractivity contribution in [2.75, 3.05) is 13.1 Å². The Balaban J connectivity index is 1.40. The van der Waals surface area contributed by atoms with Crippen LogP contribution in [0.1, 0.15) is 35.1 Å². The van der Waals surface area contributed by atoms with Gasteiger partial charge in [0.15, 0.2) is 5.76 Å². The largest absolute Gasteiger partial charge is 0.451 e. The van der Waals surface area contributed by atoms with E-state index in [2.05, 4.69) is 0 Å². The molecule has 1 amide bonds. The maximum Gasteiger partial charge on any atom is 0.289 e. The summed E-state index contributed by atoms with van der Waals surface area (Å²) in [4.78, 5) is 14.6. The van der Waals surface area contributed by atoms with Crippen LogP contribution in [-0.4, -0.2) is 29.0 Å². The number of carbonyl (C=O) groups excluding carboxylic acids is 1. The number of aliphatic hydroxyl groups is 1. The number of benzene rings is 2. The van der Waals surface area contributed by atoms with Crippen LogP contribution in [-0.2, 0) is 0 Å². The molecular weight excluding hydrogens is 374 g/mol. The van der Waals surface area contributed by atoms with E-state index in [9.17, 15) is 9.90 Å². The summed E-state index contributed by atoms with van der Waals surface area (Å²) in [6, 6.07) is 20.6. The van der Waals surface area contributed by atoms with E-state index in [1.165, 1.54) is 0 Å². The standard InChI is InChI=1S/C23H22ClNO3/c24-19-9-5-4-8-18(19)20-10-11-21(28-20)23(27)25-14-12-17(13-15-25)22(26)16-6-2-1-3-7-16/h1-11,17,22,26H,12-15H2. The van der Waals surface area contributed by atoms with Crippen LogP contribution in [0, 0.1) is 5.92 Å². The van der Waals surface area contributed by atoms with Crippen molar-refractivity contribution in [3.05, 3.63) is 83.1 Å². The Bertz CT molecular complexity index is 945. The zero-order valence-corrected chi connectivity index (χ0v) is 16.2. The van der Waals surface area contributed by atoms with Crippen LogP contribution in [0.15, 0.2) is 71.1 Å². The Morgan fingerprint density at radius 1 is 1.00 bits per heavy atom. The van der Waals surface area contributed by atoms with Crippen LogP contribution in [0.25, 0.3) is 11.3 Å². The minimum atomic E-state index is -0.492. The third-order valence-electron chi connectivity index (χ3n) is 5.37. The third-order valence-corrected chi connectivity index (χ3v) is 5.70. The maximum absolute atomic E-state index is 12.8. The lowest BCUT2D eigenvalue weighted by molar-refractivity contribution is 0.0443. The Labute approximate surface area is 169 Å². The molecule has 5 heteroatoms. The molecule has 144 valence electrons. The Hall–Kier alpha value is -2.56. The number of furan rings is 1. The van der Waals surface area contributed by atoms with Gasteiger partial charge in [-0.2, -0.15) is 0 Å². The van der Waals surface area contributed by atoms with Crippen molar-refractivity contribution in [1.29, 1.82) is 0 Å². The monoisotopic (exact) mass is 395 g/mol. The topological polar surface area (TPSA) is 53.7 Å². The van der Waals surface area contributed by atoms with E-state index >= 15 is 0 Å². The van der Waals surface area contributed by atoms with E-state index in [4.69, 9.17) is 16.0 Å². The normalized spacial score (nSPS) is 16.1. The molecule has 4 rings (SSSR count). The number of likely N-dealkylation sites (tertiary alicyclic amines) is 1. The molecule has 4 nitrogen and oxygen atoms in total. The van der Waals surface area contributed by atoms with E-state index in [1.54, 1.807) is 23.1 Å². The van der Waals surface area contributed by atoms with Crippen molar-refractivity contribution in [2.45, 2.75) is 18.9 Å². The Kier molecular flexibility index (Phi) is 5.51. The molecule has 0 bridgehead atoms. The van der Waals surface area contributed by atoms with E-state index in [-0.39, 0.29) is 11.8 Å². The second-order valence-corrected chi connectivity index (χ2v) is 7.54. The summed E-state index contributed by atoms with van der Waals surface area (Å²) in [5.74, 6) is 0.938. The molecule has 1 N–H and O–H groups in total. The van der Waals surface area contributed by atoms with E-state index in [0.717, 1.165) is 24.0 Å². The van der Waals surface area contributed by atoms with Gasteiger partial charge in [-0.15, -0.1) is 0 Å². The minimum Gasteiger partial charge on any atom is -0.451 e. The number of amides is 1. The highest BCUT2D eigenvalue weighted by atomic mass is 35.5. The number of rotatable bonds is 4. The van der Waals surface area contributed by atoms with Gasteiger partial charge in [0.2, 0.25) is 0 Å². The number of halogens is 1. The van der Waals surface area contributed by atoms with Crippen LogP contribution in [0.4, 0.5) is 0 Å². The smallest absolute Gasteiger partial charge is 0.289 e. The van der Waals surface area contributed by atoms with Crippen LogP contribution < -0.4 is 0 Å². The molecule has 2 heterocycles. The van der Waals surface area contributed by atoms with Gasteiger partial charge in [0.25, 0.3) is 5.91 Å². The summed E-state index contributed by atoms with van der Waals surface area (Å²) in [6.45, 7) is 1.21. The summed E-state index contributed by atoms with van der Waals surface area (Å²) in [5.41, 5.74) is 1.70. The van der Waals surface area contributed by atoms with E-state index in [1.807, 2.05) is 48.5 Å². The van der Waals surface area contributed by atoms with Crippen LogP contribution in [0.3, 0.4) is 0 Å². The quantitative estimate of drug-likeness (QED) is 0.661. The number of piperidine rings is 1. The highest BCUT2D eigenvalue weighted by molar-refractivity contribution is 6.33. The van der Waals surface area contributed by atoms with Crippen LogP contribution >= 0.6 is 11.6 Å². The number of nitrogens with zero attached hydrogens (tertiary/aromatic N) is 1. The first-order chi connectivity index (χ1) is 13.6. The number of hydrogen-bond acceptors (Lipinski definition) is 3. The Morgan fingerprint density at radius 2 is 1.68 bits per heavy atom. The first-order valence-electron chi connectivity index (χ1n) is 9.50. The lowest BCUT2D eigenvalue weighted by Gasteiger charge is -2.34. The lowest BCUT2D eigenvalue weighted by Crippen LogP contribution is -2.39. The van der Waals surface area contributed by atoms with Gasteiger partial charge in [-0.25, -0.2) is 0 Å². The fraction of sp³-hybridized carbons (Fsp3) is 0.261. The average molecular weight is 396 g/mol. The van der Waals surface area contributed by atoms with Gasteiger partial charge in [0, 0.05) is 18.7 Å². The molecule has 1 aromatic heterocycles. The zero-order chi connectivity index (χ0) is 19.5. The van der Waals surface area contributed by atoms with Crippen molar-refractivity contribution < 1.29 is 14.3 Å². The van der Waals surface area contributed by atoms with Gasteiger partial charge in [0.1, 0.15) is 5.76 Å². The SMILES string of the molecule is O=C(c1ccc(-c2ccccc2Cl)o1)N1CCC(C(O)c2ccccc2)CC1. The van der Waals surface area contributed by atoms with Crippen molar-refractivity contribution in [3.63, 3.8) is 0 Å². The van der Waals surface area contributed by atoms with Gasteiger partial charge >= 0.3 is 0 Å². The minimum absolute atomic E-state index is 0.119. The highest BCUT2D eigenvalue weighted by Gasteiger charge is 2.29. The molecule has 1 aliphatic rings. The highest BCUT2D eigenvalue weighted by Crippen LogP contribution is 2.32. The fourth-order valence-electron chi connectivity index (χ4n) is 3.76. The second-order valence-electron chi connectivity index (χ2n) is 7.13. The van der Waals surface area contributed by atoms with Crippen LogP contribution in [0.2, 0.25) is 5.02 Å². The average Bonchev–Trinajstić information content (AvgIpc) is 3.24. The molecule has 0 radical (unpaired) electrons. The maximum atomic E-state index is 12.8. The van der Waals surface area contributed by atoms with Gasteiger partial charge in [-0.1, -0.05) is 54.1 Å². The Morgan fingerprint density at radius 3 is 2.39 bits per heavy atom. The number of hydrogen-bond donors (Lipinski definition) is 1. The van der Waals surface area contributed by atoms with Gasteiger partial charge < -0.3 is 14.4 Å². The molecule has 3 aromatic rings. The second kappa shape index (κ2) is 8.21. The molecule has 1 atom stereocenters. The van der Waals surface area contributed by atoms with Crippen molar-refractivity contribution in [2.24, 2.45) is 5.92 Å². The first kappa shape index (κ1) is 18.8. The summed E-state index contributed by atoms with van der Waals surface area (Å²) in [6.07, 6.45) is 1.04. The van der Waals surface area contributed by atoms with Crippen molar-refractivity contribution in [3.8, 4) is 11.3 Å². The molecule has 1 saturated heterocycles. The summed E-state index contributed by atoms with van der Waals surface area (Å²) in [7, 11) is 0. The van der Waals surface area contributed by atoms with Crippen LogP contribution in [0.5, 0.6) is 0 Å². The molecule has 28 heavy (non-hydrogen) atoms. The summed E-state index contributed by atoms with van der Waals surface area (Å²) < 4.78 is 5.78. The molecule has 2 aromatic carbocycles. The van der Waals surface area contributed by atoms with Crippen molar-refractivity contribution >= 4 is 17.5 Å². The molecule has 0 spiro atoms. The predicted octanol–water partition coefficient (Wildman–Crippen LogP) is 5.19. The third kappa shape index (κ3) is 3.84. The first-order valence-corrected chi connectivity index (χ1v) is 9.88. The van der Waals surface area contributed by atoms with E-state index in [0.29, 0.717) is 29.6 Å². The summed E-state index contributed by atoms with van der Waals surface area (Å²) >= 11 is 6.21. The predicted molar refractivity (Wildman–Crippen MR) is 109 cm³/mol. The fourth-order valence-corrected chi connectivity index (χ4v) is 3.98. The molecular formula is C23H22ClNO3. The molecule has 1 aliphatic heterocycles.